The molecule has 0 aromatic carbocycles. The minimum atomic E-state index is -1.11. The van der Waals surface area contributed by atoms with Crippen LogP contribution in [0, 0.1) is 11.8 Å². The number of carbonyl (C=O) groups excluding carboxylic acids is 1. The molecule has 1 saturated carbocycles. The summed E-state index contributed by atoms with van der Waals surface area (Å²) < 4.78 is 34.1. The molecular weight excluding hydrogens is 292 g/mol. The van der Waals surface area contributed by atoms with Gasteiger partial charge < -0.3 is 28.4 Å². The fraction of sp³-hybridized carbons (Fsp3) is 0.933. The van der Waals surface area contributed by atoms with E-state index in [0.717, 1.165) is 6.42 Å². The van der Waals surface area contributed by atoms with Gasteiger partial charge in [0.1, 0.15) is 18.8 Å². The number of fused-ring (bicyclic) bond motifs is 2. The first-order chi connectivity index (χ1) is 10.4. The summed E-state index contributed by atoms with van der Waals surface area (Å²) in [4.78, 5) is 11.9. The Hall–Kier alpha value is -0.730. The van der Waals surface area contributed by atoms with Crippen LogP contribution >= 0.6 is 0 Å². The summed E-state index contributed by atoms with van der Waals surface area (Å²) in [6, 6.07) is 0. The number of esters is 1. The molecule has 7 nitrogen and oxygen atoms in total. The molecule has 2 aliphatic heterocycles. The monoisotopic (exact) mass is 316 g/mol. The van der Waals surface area contributed by atoms with E-state index in [4.69, 9.17) is 28.4 Å². The highest BCUT2D eigenvalue weighted by molar-refractivity contribution is 5.75. The van der Waals surface area contributed by atoms with Gasteiger partial charge in [0, 0.05) is 14.2 Å². The van der Waals surface area contributed by atoms with Crippen LogP contribution in [0.25, 0.3) is 0 Å². The molecule has 2 saturated heterocycles. The zero-order valence-corrected chi connectivity index (χ0v) is 13.5. The fourth-order valence-electron chi connectivity index (χ4n) is 3.02. The number of cyclic esters (lactones) is 1. The smallest absolute Gasteiger partial charge is 0.309 e. The molecule has 6 atom stereocenters. The fourth-order valence-corrected chi connectivity index (χ4v) is 3.02. The van der Waals surface area contributed by atoms with Gasteiger partial charge in [-0.05, 0) is 26.2 Å². The first-order valence-electron chi connectivity index (χ1n) is 7.63. The topological polar surface area (TPSA) is 72.5 Å². The molecule has 3 fully saturated rings. The van der Waals surface area contributed by atoms with Gasteiger partial charge in [0.25, 0.3) is 0 Å². The van der Waals surface area contributed by atoms with E-state index in [1.54, 1.807) is 13.8 Å². The highest BCUT2D eigenvalue weighted by Crippen LogP contribution is 2.42. The molecular formula is C15H24O7. The van der Waals surface area contributed by atoms with Gasteiger partial charge in [-0.25, -0.2) is 0 Å². The Kier molecular flexibility index (Phi) is 4.20. The van der Waals surface area contributed by atoms with E-state index in [1.165, 1.54) is 14.2 Å². The summed E-state index contributed by atoms with van der Waals surface area (Å²) in [5, 5.41) is 0. The second-order valence-electron chi connectivity index (χ2n) is 6.38. The molecule has 0 spiro atoms. The Morgan fingerprint density at radius 2 is 1.59 bits per heavy atom. The minimum Gasteiger partial charge on any atom is -0.463 e. The number of carbonyl (C=O) groups is 1. The zero-order chi connectivity index (χ0) is 16.0. The predicted molar refractivity (Wildman–Crippen MR) is 73.9 cm³/mol. The van der Waals surface area contributed by atoms with E-state index >= 15 is 0 Å². The summed E-state index contributed by atoms with van der Waals surface area (Å²) in [5.41, 5.74) is 0. The minimum absolute atomic E-state index is 0.0286. The predicted octanol–water partition coefficient (Wildman–Crippen LogP) is 0.705. The van der Waals surface area contributed by atoms with Crippen LogP contribution < -0.4 is 0 Å². The molecule has 0 aromatic rings. The van der Waals surface area contributed by atoms with E-state index in [1.807, 2.05) is 0 Å². The highest BCUT2D eigenvalue weighted by Gasteiger charge is 2.57. The van der Waals surface area contributed by atoms with Crippen molar-refractivity contribution in [2.75, 3.05) is 34.0 Å². The Morgan fingerprint density at radius 1 is 1.00 bits per heavy atom. The molecule has 0 unspecified atom stereocenters. The van der Waals surface area contributed by atoms with Crippen molar-refractivity contribution in [2.45, 2.75) is 44.1 Å². The van der Waals surface area contributed by atoms with Crippen LogP contribution in [0.3, 0.4) is 0 Å². The standard InChI is InChI=1S/C15H24O7/c1-14(17-3)15(2,18-4)22-12-8-20-13(16)10-5-9(10)6-19-7-11(12)21-14/h9-12H,5-8H2,1-4H3/t9-,10-,11+,12+,14-,15-/m1/s1. The molecule has 7 heteroatoms. The summed E-state index contributed by atoms with van der Waals surface area (Å²) in [6.07, 6.45) is -0.0229. The zero-order valence-electron chi connectivity index (χ0n) is 13.5. The Bertz CT molecular complexity index is 442. The number of methoxy groups -OCH3 is 2. The van der Waals surface area contributed by atoms with Gasteiger partial charge in [-0.1, -0.05) is 0 Å². The third-order valence-electron chi connectivity index (χ3n) is 5.00. The van der Waals surface area contributed by atoms with Crippen molar-refractivity contribution in [3.8, 4) is 0 Å². The number of ether oxygens (including phenoxy) is 6. The quantitative estimate of drug-likeness (QED) is 0.695. The summed E-state index contributed by atoms with van der Waals surface area (Å²) in [7, 11) is 3.06. The first kappa shape index (κ1) is 16.1. The first-order valence-corrected chi connectivity index (χ1v) is 7.63. The lowest BCUT2D eigenvalue weighted by molar-refractivity contribution is -0.452. The molecule has 22 heavy (non-hydrogen) atoms. The van der Waals surface area contributed by atoms with Crippen molar-refractivity contribution in [2.24, 2.45) is 11.8 Å². The largest absolute Gasteiger partial charge is 0.463 e. The molecule has 0 amide bonds. The highest BCUT2D eigenvalue weighted by atomic mass is 16.8. The summed E-state index contributed by atoms with van der Waals surface area (Å²) >= 11 is 0. The van der Waals surface area contributed by atoms with Gasteiger partial charge in [0.15, 0.2) is 0 Å². The summed E-state index contributed by atoms with van der Waals surface area (Å²) in [5.74, 6) is -2.13. The molecule has 0 aromatic heterocycles. The number of hydrogen-bond donors (Lipinski definition) is 0. The lowest BCUT2D eigenvalue weighted by atomic mass is 10.0. The average molecular weight is 316 g/mol. The van der Waals surface area contributed by atoms with Crippen LogP contribution in [0.1, 0.15) is 20.3 Å². The molecule has 126 valence electrons. The number of hydrogen-bond acceptors (Lipinski definition) is 7. The van der Waals surface area contributed by atoms with Crippen LogP contribution in [0.15, 0.2) is 0 Å². The molecule has 0 bridgehead atoms. The van der Waals surface area contributed by atoms with Gasteiger partial charge in [0.2, 0.25) is 11.6 Å². The van der Waals surface area contributed by atoms with Crippen molar-refractivity contribution in [1.82, 2.24) is 0 Å². The van der Waals surface area contributed by atoms with Gasteiger partial charge in [-0.2, -0.15) is 0 Å². The molecule has 1 aliphatic carbocycles. The van der Waals surface area contributed by atoms with E-state index in [-0.39, 0.29) is 24.4 Å². The normalized spacial score (nSPS) is 48.8. The van der Waals surface area contributed by atoms with E-state index in [9.17, 15) is 4.79 Å². The lowest BCUT2D eigenvalue weighted by Crippen LogP contribution is -2.66. The van der Waals surface area contributed by atoms with Crippen molar-refractivity contribution in [3.63, 3.8) is 0 Å². The molecule has 0 N–H and O–H groups in total. The van der Waals surface area contributed by atoms with E-state index in [0.29, 0.717) is 13.2 Å². The Morgan fingerprint density at radius 3 is 2.18 bits per heavy atom. The third-order valence-corrected chi connectivity index (χ3v) is 5.00. The van der Waals surface area contributed by atoms with E-state index < -0.39 is 23.8 Å². The maximum absolute atomic E-state index is 11.9. The maximum atomic E-state index is 11.9. The van der Waals surface area contributed by atoms with Crippen LogP contribution in [0.4, 0.5) is 0 Å². The van der Waals surface area contributed by atoms with Crippen molar-refractivity contribution in [3.05, 3.63) is 0 Å². The molecule has 0 radical (unpaired) electrons. The third kappa shape index (κ3) is 2.65. The molecule has 2 heterocycles. The van der Waals surface area contributed by atoms with Gasteiger partial charge in [-0.15, -0.1) is 0 Å². The Balaban J connectivity index is 1.77. The molecule has 3 rings (SSSR count). The van der Waals surface area contributed by atoms with Crippen LogP contribution in [-0.2, 0) is 33.2 Å². The summed E-state index contributed by atoms with van der Waals surface area (Å²) in [6.45, 7) is 4.52. The van der Waals surface area contributed by atoms with Crippen LogP contribution in [0.2, 0.25) is 0 Å². The second-order valence-corrected chi connectivity index (χ2v) is 6.38. The molecule has 3 aliphatic rings. The van der Waals surface area contributed by atoms with Crippen molar-refractivity contribution in [1.29, 1.82) is 0 Å². The SMILES string of the molecule is CO[C@]1(C)O[C@H]2COC[C@H]3C[C@H]3C(=O)OC[C@@H]2O[C@@]1(C)OC. The number of rotatable bonds is 2. The Labute approximate surface area is 130 Å². The van der Waals surface area contributed by atoms with Crippen molar-refractivity contribution < 1.29 is 33.2 Å². The van der Waals surface area contributed by atoms with Gasteiger partial charge in [0.05, 0.1) is 19.1 Å². The lowest BCUT2D eigenvalue weighted by Gasteiger charge is -2.51. The van der Waals surface area contributed by atoms with Crippen LogP contribution in [0.5, 0.6) is 0 Å². The van der Waals surface area contributed by atoms with Gasteiger partial charge >= 0.3 is 5.97 Å². The average Bonchev–Trinajstić information content (AvgIpc) is 3.28. The van der Waals surface area contributed by atoms with Crippen molar-refractivity contribution >= 4 is 5.97 Å². The van der Waals surface area contributed by atoms with Crippen LogP contribution in [-0.4, -0.2) is 63.8 Å². The van der Waals surface area contributed by atoms with E-state index in [2.05, 4.69) is 0 Å². The maximum Gasteiger partial charge on any atom is 0.309 e. The second kappa shape index (κ2) is 5.72. The van der Waals surface area contributed by atoms with Gasteiger partial charge in [-0.3, -0.25) is 4.79 Å².